The number of ether oxygens (including phenoxy) is 1. The van der Waals surface area contributed by atoms with Crippen molar-refractivity contribution < 1.29 is 14.3 Å². The molecule has 2 N–H and O–H groups in total. The molecule has 0 aromatic heterocycles. The SMILES string of the molecule is CCCNC(=O)NCCN1CC(c2ccccc2)OC1=O. The maximum Gasteiger partial charge on any atom is 0.410 e. The van der Waals surface area contributed by atoms with Crippen LogP contribution in [0.15, 0.2) is 30.3 Å². The Labute approximate surface area is 124 Å². The molecule has 1 heterocycles. The van der Waals surface area contributed by atoms with Crippen LogP contribution in [-0.2, 0) is 4.74 Å². The summed E-state index contributed by atoms with van der Waals surface area (Å²) in [5.74, 6) is 0. The highest BCUT2D eigenvalue weighted by Gasteiger charge is 2.31. The van der Waals surface area contributed by atoms with Gasteiger partial charge in [-0.1, -0.05) is 37.3 Å². The van der Waals surface area contributed by atoms with E-state index in [2.05, 4.69) is 10.6 Å². The molecular weight excluding hydrogens is 270 g/mol. The number of cyclic esters (lactones) is 1. The standard InChI is InChI=1S/C15H21N3O3/c1-2-8-16-14(19)17-9-10-18-11-13(21-15(18)20)12-6-4-3-5-7-12/h3-7,13H,2,8-11H2,1H3,(H2,16,17,19). The van der Waals surface area contributed by atoms with Crippen LogP contribution in [0.25, 0.3) is 0 Å². The van der Waals surface area contributed by atoms with Crippen molar-refractivity contribution in [3.8, 4) is 0 Å². The number of carbonyl (C=O) groups is 2. The minimum atomic E-state index is -0.334. The van der Waals surface area contributed by atoms with Gasteiger partial charge in [-0.2, -0.15) is 0 Å². The predicted octanol–water partition coefficient (Wildman–Crippen LogP) is 1.89. The second-order valence-electron chi connectivity index (χ2n) is 4.91. The van der Waals surface area contributed by atoms with Gasteiger partial charge in [-0.3, -0.25) is 0 Å². The fourth-order valence-corrected chi connectivity index (χ4v) is 2.14. The van der Waals surface area contributed by atoms with Gasteiger partial charge in [0, 0.05) is 19.6 Å². The number of nitrogens with zero attached hydrogens (tertiary/aromatic N) is 1. The molecule has 114 valence electrons. The van der Waals surface area contributed by atoms with E-state index in [4.69, 9.17) is 4.74 Å². The Morgan fingerprint density at radius 3 is 2.71 bits per heavy atom. The molecule has 0 aliphatic carbocycles. The Bertz CT molecular complexity index is 478. The van der Waals surface area contributed by atoms with Crippen molar-refractivity contribution in [3.05, 3.63) is 35.9 Å². The average molecular weight is 291 g/mol. The van der Waals surface area contributed by atoms with Crippen LogP contribution in [0, 0.1) is 0 Å². The third-order valence-electron chi connectivity index (χ3n) is 3.26. The molecule has 1 unspecified atom stereocenters. The number of benzene rings is 1. The summed E-state index contributed by atoms with van der Waals surface area (Å²) < 4.78 is 5.34. The van der Waals surface area contributed by atoms with E-state index in [9.17, 15) is 9.59 Å². The van der Waals surface area contributed by atoms with Gasteiger partial charge in [-0.15, -0.1) is 0 Å². The third kappa shape index (κ3) is 4.37. The van der Waals surface area contributed by atoms with Crippen molar-refractivity contribution in [2.24, 2.45) is 0 Å². The van der Waals surface area contributed by atoms with Crippen molar-refractivity contribution >= 4 is 12.1 Å². The van der Waals surface area contributed by atoms with E-state index < -0.39 is 0 Å². The molecule has 0 bridgehead atoms. The van der Waals surface area contributed by atoms with Gasteiger partial charge in [0.2, 0.25) is 0 Å². The van der Waals surface area contributed by atoms with Crippen molar-refractivity contribution in [1.29, 1.82) is 0 Å². The third-order valence-corrected chi connectivity index (χ3v) is 3.26. The second kappa shape index (κ2) is 7.52. The van der Waals surface area contributed by atoms with Gasteiger partial charge >= 0.3 is 12.1 Å². The van der Waals surface area contributed by atoms with Crippen LogP contribution in [0.2, 0.25) is 0 Å². The lowest BCUT2D eigenvalue weighted by Crippen LogP contribution is -2.40. The Hall–Kier alpha value is -2.24. The monoisotopic (exact) mass is 291 g/mol. The lowest BCUT2D eigenvalue weighted by atomic mass is 10.1. The van der Waals surface area contributed by atoms with Crippen LogP contribution in [-0.4, -0.2) is 43.2 Å². The number of nitrogens with one attached hydrogen (secondary N) is 2. The molecule has 1 aromatic rings. The summed E-state index contributed by atoms with van der Waals surface area (Å²) in [6.07, 6.45) is 0.331. The maximum atomic E-state index is 11.8. The highest BCUT2D eigenvalue weighted by atomic mass is 16.6. The maximum absolute atomic E-state index is 11.8. The molecule has 6 heteroatoms. The fourth-order valence-electron chi connectivity index (χ4n) is 2.14. The molecule has 2 rings (SSSR count). The first-order valence-corrected chi connectivity index (χ1v) is 7.23. The first-order chi connectivity index (χ1) is 10.2. The molecule has 0 saturated carbocycles. The quantitative estimate of drug-likeness (QED) is 0.841. The molecule has 1 aromatic carbocycles. The Kier molecular flexibility index (Phi) is 5.43. The molecular formula is C15H21N3O3. The molecule has 3 amide bonds. The van der Waals surface area contributed by atoms with Gasteiger partial charge in [0.1, 0.15) is 6.10 Å². The van der Waals surface area contributed by atoms with Gasteiger partial charge in [0.25, 0.3) is 0 Å². The number of carbonyl (C=O) groups excluding carboxylic acids is 2. The predicted molar refractivity (Wildman–Crippen MR) is 78.9 cm³/mol. The summed E-state index contributed by atoms with van der Waals surface area (Å²) in [7, 11) is 0. The van der Waals surface area contributed by atoms with Gasteiger partial charge in [0.05, 0.1) is 6.54 Å². The number of amides is 3. The highest BCUT2D eigenvalue weighted by Crippen LogP contribution is 2.25. The van der Waals surface area contributed by atoms with Crippen molar-refractivity contribution in [2.45, 2.75) is 19.4 Å². The van der Waals surface area contributed by atoms with Gasteiger partial charge in [0.15, 0.2) is 0 Å². The number of urea groups is 1. The molecule has 1 atom stereocenters. The van der Waals surface area contributed by atoms with Crippen LogP contribution in [0.4, 0.5) is 9.59 Å². The summed E-state index contributed by atoms with van der Waals surface area (Å²) >= 11 is 0. The zero-order chi connectivity index (χ0) is 15.1. The minimum absolute atomic E-state index is 0.205. The lowest BCUT2D eigenvalue weighted by molar-refractivity contribution is 0.133. The van der Waals surface area contributed by atoms with Gasteiger partial charge in [-0.05, 0) is 12.0 Å². The van der Waals surface area contributed by atoms with E-state index in [1.165, 1.54) is 0 Å². The molecule has 1 saturated heterocycles. The number of hydrogen-bond acceptors (Lipinski definition) is 3. The molecule has 1 aliphatic heterocycles. The first-order valence-electron chi connectivity index (χ1n) is 7.23. The summed E-state index contributed by atoms with van der Waals surface area (Å²) in [6, 6.07) is 9.45. The summed E-state index contributed by atoms with van der Waals surface area (Å²) in [5.41, 5.74) is 0.988. The molecule has 1 fully saturated rings. The first kappa shape index (κ1) is 15.2. The smallest absolute Gasteiger partial charge is 0.410 e. The van der Waals surface area contributed by atoms with Crippen LogP contribution in [0.5, 0.6) is 0 Å². The number of hydrogen-bond donors (Lipinski definition) is 2. The molecule has 6 nitrogen and oxygen atoms in total. The Morgan fingerprint density at radius 2 is 2.00 bits per heavy atom. The Morgan fingerprint density at radius 1 is 1.29 bits per heavy atom. The fraction of sp³-hybridized carbons (Fsp3) is 0.467. The Balaban J connectivity index is 1.75. The largest absolute Gasteiger partial charge is 0.439 e. The highest BCUT2D eigenvalue weighted by molar-refractivity contribution is 5.74. The van der Waals surface area contributed by atoms with Gasteiger partial charge in [-0.25, -0.2) is 9.59 Å². The van der Waals surface area contributed by atoms with E-state index in [0.29, 0.717) is 26.2 Å². The second-order valence-corrected chi connectivity index (χ2v) is 4.91. The van der Waals surface area contributed by atoms with Crippen LogP contribution < -0.4 is 10.6 Å². The average Bonchev–Trinajstić information content (AvgIpc) is 2.87. The zero-order valence-corrected chi connectivity index (χ0v) is 12.2. The lowest BCUT2D eigenvalue weighted by Gasteiger charge is -2.13. The van der Waals surface area contributed by atoms with Crippen LogP contribution in [0.1, 0.15) is 25.0 Å². The van der Waals surface area contributed by atoms with E-state index in [1.807, 2.05) is 37.3 Å². The molecule has 0 radical (unpaired) electrons. The minimum Gasteiger partial charge on any atom is -0.439 e. The normalized spacial score (nSPS) is 17.5. The van der Waals surface area contributed by atoms with Crippen molar-refractivity contribution in [3.63, 3.8) is 0 Å². The van der Waals surface area contributed by atoms with Crippen molar-refractivity contribution in [1.82, 2.24) is 15.5 Å². The topological polar surface area (TPSA) is 70.7 Å². The number of rotatable bonds is 6. The molecule has 21 heavy (non-hydrogen) atoms. The summed E-state index contributed by atoms with van der Waals surface area (Å²) in [5, 5.41) is 5.44. The van der Waals surface area contributed by atoms with E-state index in [-0.39, 0.29) is 18.2 Å². The van der Waals surface area contributed by atoms with Gasteiger partial charge < -0.3 is 20.3 Å². The van der Waals surface area contributed by atoms with Crippen LogP contribution >= 0.6 is 0 Å². The summed E-state index contributed by atoms with van der Waals surface area (Å²) in [4.78, 5) is 24.8. The van der Waals surface area contributed by atoms with Crippen LogP contribution in [0.3, 0.4) is 0 Å². The molecule has 1 aliphatic rings. The van der Waals surface area contributed by atoms with E-state index >= 15 is 0 Å². The zero-order valence-electron chi connectivity index (χ0n) is 12.2. The molecule has 0 spiro atoms. The summed E-state index contributed by atoms with van der Waals surface area (Å²) in [6.45, 7) is 4.01. The van der Waals surface area contributed by atoms with E-state index in [0.717, 1.165) is 12.0 Å². The van der Waals surface area contributed by atoms with E-state index in [1.54, 1.807) is 4.90 Å². The van der Waals surface area contributed by atoms with Crippen molar-refractivity contribution in [2.75, 3.05) is 26.2 Å².